The number of hydrogen-bond acceptors (Lipinski definition) is 4. The number of likely N-dealkylation sites (N-methyl/N-ethyl adjacent to an activating group) is 1. The second-order valence-electron chi connectivity index (χ2n) is 3.08. The van der Waals surface area contributed by atoms with Crippen molar-refractivity contribution in [1.82, 2.24) is 15.2 Å². The number of aromatic nitrogens is 1. The summed E-state index contributed by atoms with van der Waals surface area (Å²) in [6, 6.07) is 0. The van der Waals surface area contributed by atoms with Crippen LogP contribution in [-0.4, -0.2) is 29.4 Å². The molecule has 1 aromatic heterocycles. The Morgan fingerprint density at radius 1 is 1.77 bits per heavy atom. The van der Waals surface area contributed by atoms with Gasteiger partial charge in [-0.05, 0) is 6.92 Å². The van der Waals surface area contributed by atoms with Gasteiger partial charge in [-0.25, -0.2) is 4.98 Å². The van der Waals surface area contributed by atoms with Crippen LogP contribution in [0, 0.1) is 6.92 Å². The molecule has 1 N–H and O–H groups in total. The van der Waals surface area contributed by atoms with Gasteiger partial charge in [-0.1, -0.05) is 0 Å². The molecule has 2 heterocycles. The van der Waals surface area contributed by atoms with Gasteiger partial charge in [-0.15, -0.1) is 11.3 Å². The van der Waals surface area contributed by atoms with Crippen molar-refractivity contribution in [2.24, 2.45) is 0 Å². The average Bonchev–Trinajstić information content (AvgIpc) is 2.62. The number of aryl methyl sites for hydroxylation is 1. The third-order valence-electron chi connectivity index (χ3n) is 2.14. The topological polar surface area (TPSA) is 45.2 Å². The first-order chi connectivity index (χ1) is 6.18. The Morgan fingerprint density at radius 3 is 3.00 bits per heavy atom. The number of thiazole rings is 1. The minimum Gasteiger partial charge on any atom is -0.323 e. The predicted molar refractivity (Wildman–Crippen MR) is 50.4 cm³/mol. The van der Waals surface area contributed by atoms with Crippen LogP contribution in [0.15, 0.2) is 5.38 Å². The Balaban J connectivity index is 2.23. The molecular weight excluding hydrogens is 186 g/mol. The second kappa shape index (κ2) is 3.08. The maximum absolute atomic E-state index is 11.2. The molecular formula is C8H11N3OS. The summed E-state index contributed by atoms with van der Waals surface area (Å²) in [5.74, 6) is 0.121. The molecule has 0 bridgehead atoms. The Hall–Kier alpha value is -0.940. The van der Waals surface area contributed by atoms with E-state index in [-0.39, 0.29) is 12.1 Å². The van der Waals surface area contributed by atoms with Crippen LogP contribution in [0.25, 0.3) is 0 Å². The molecule has 70 valence electrons. The average molecular weight is 197 g/mol. The van der Waals surface area contributed by atoms with E-state index in [0.717, 1.165) is 10.7 Å². The zero-order valence-corrected chi connectivity index (χ0v) is 8.39. The van der Waals surface area contributed by atoms with Crippen molar-refractivity contribution >= 4 is 17.2 Å². The standard InChI is InChI=1S/C8H11N3OS/c1-5-10-6(4-13-5)8-9-3-7(12)11(8)2/h4,8-9H,3H2,1-2H3. The molecule has 0 spiro atoms. The van der Waals surface area contributed by atoms with Gasteiger partial charge in [-0.3, -0.25) is 10.1 Å². The SMILES string of the molecule is Cc1nc(C2NCC(=O)N2C)cs1. The quantitative estimate of drug-likeness (QED) is 0.713. The van der Waals surface area contributed by atoms with E-state index in [0.29, 0.717) is 6.54 Å². The number of rotatable bonds is 1. The highest BCUT2D eigenvalue weighted by Gasteiger charge is 2.29. The van der Waals surface area contributed by atoms with Crippen LogP contribution in [-0.2, 0) is 4.79 Å². The van der Waals surface area contributed by atoms with E-state index in [2.05, 4.69) is 10.3 Å². The lowest BCUT2D eigenvalue weighted by atomic mass is 10.4. The van der Waals surface area contributed by atoms with Crippen LogP contribution in [0.2, 0.25) is 0 Å². The highest BCUT2D eigenvalue weighted by molar-refractivity contribution is 7.09. The van der Waals surface area contributed by atoms with Gasteiger partial charge < -0.3 is 4.90 Å². The first-order valence-electron chi connectivity index (χ1n) is 4.09. The van der Waals surface area contributed by atoms with E-state index in [1.165, 1.54) is 0 Å². The van der Waals surface area contributed by atoms with Gasteiger partial charge in [0.25, 0.3) is 0 Å². The van der Waals surface area contributed by atoms with Crippen LogP contribution < -0.4 is 5.32 Å². The summed E-state index contributed by atoms with van der Waals surface area (Å²) < 4.78 is 0. The van der Waals surface area contributed by atoms with Crippen molar-refractivity contribution < 1.29 is 4.79 Å². The van der Waals surface area contributed by atoms with Crippen molar-refractivity contribution in [3.8, 4) is 0 Å². The van der Waals surface area contributed by atoms with E-state index < -0.39 is 0 Å². The molecule has 1 amide bonds. The zero-order chi connectivity index (χ0) is 9.42. The van der Waals surface area contributed by atoms with Gasteiger partial charge in [0.2, 0.25) is 5.91 Å². The Kier molecular flexibility index (Phi) is 2.05. The lowest BCUT2D eigenvalue weighted by Crippen LogP contribution is -2.26. The third kappa shape index (κ3) is 1.45. The summed E-state index contributed by atoms with van der Waals surface area (Å²) in [6.45, 7) is 2.38. The number of amides is 1. The lowest BCUT2D eigenvalue weighted by Gasteiger charge is -2.16. The molecule has 1 saturated heterocycles. The number of nitrogens with zero attached hydrogens (tertiary/aromatic N) is 2. The maximum atomic E-state index is 11.2. The molecule has 0 aliphatic carbocycles. The van der Waals surface area contributed by atoms with Gasteiger partial charge in [-0.2, -0.15) is 0 Å². The molecule has 1 atom stereocenters. The van der Waals surface area contributed by atoms with Crippen molar-refractivity contribution in [3.63, 3.8) is 0 Å². The van der Waals surface area contributed by atoms with Crippen molar-refractivity contribution in [3.05, 3.63) is 16.1 Å². The molecule has 1 aromatic rings. The number of nitrogens with one attached hydrogen (secondary N) is 1. The molecule has 13 heavy (non-hydrogen) atoms. The van der Waals surface area contributed by atoms with Crippen LogP contribution in [0.4, 0.5) is 0 Å². The molecule has 0 radical (unpaired) electrons. The normalized spacial score (nSPS) is 22.8. The molecule has 1 aliphatic heterocycles. The van der Waals surface area contributed by atoms with E-state index in [9.17, 15) is 4.79 Å². The van der Waals surface area contributed by atoms with E-state index in [1.807, 2.05) is 12.3 Å². The maximum Gasteiger partial charge on any atom is 0.237 e. The number of carbonyl (C=O) groups is 1. The van der Waals surface area contributed by atoms with Crippen LogP contribution >= 0.6 is 11.3 Å². The van der Waals surface area contributed by atoms with Gasteiger partial charge in [0.1, 0.15) is 6.17 Å². The first-order valence-corrected chi connectivity index (χ1v) is 4.97. The fourth-order valence-electron chi connectivity index (χ4n) is 1.40. The highest BCUT2D eigenvalue weighted by Crippen LogP contribution is 2.21. The van der Waals surface area contributed by atoms with Gasteiger partial charge in [0.15, 0.2) is 0 Å². The molecule has 2 rings (SSSR count). The minimum absolute atomic E-state index is 0.0301. The molecule has 1 fully saturated rings. The predicted octanol–water partition coefficient (Wildman–Crippen LogP) is 0.512. The lowest BCUT2D eigenvalue weighted by molar-refractivity contribution is -0.126. The van der Waals surface area contributed by atoms with E-state index >= 15 is 0 Å². The summed E-state index contributed by atoms with van der Waals surface area (Å²) in [5, 5.41) is 6.13. The van der Waals surface area contributed by atoms with E-state index in [1.54, 1.807) is 23.3 Å². The minimum atomic E-state index is -0.0301. The molecule has 0 saturated carbocycles. The Morgan fingerprint density at radius 2 is 2.54 bits per heavy atom. The molecule has 1 unspecified atom stereocenters. The highest BCUT2D eigenvalue weighted by atomic mass is 32.1. The number of carbonyl (C=O) groups excluding carboxylic acids is 1. The van der Waals surface area contributed by atoms with Gasteiger partial charge in [0.05, 0.1) is 17.2 Å². The summed E-state index contributed by atoms with van der Waals surface area (Å²) in [5.41, 5.74) is 0.941. The molecule has 5 heteroatoms. The summed E-state index contributed by atoms with van der Waals surface area (Å²) >= 11 is 1.61. The zero-order valence-electron chi connectivity index (χ0n) is 7.57. The van der Waals surface area contributed by atoms with Crippen molar-refractivity contribution in [2.75, 3.05) is 13.6 Å². The molecule has 0 aromatic carbocycles. The van der Waals surface area contributed by atoms with Crippen LogP contribution in [0.3, 0.4) is 0 Å². The number of hydrogen-bond donors (Lipinski definition) is 1. The third-order valence-corrected chi connectivity index (χ3v) is 2.94. The molecule has 1 aliphatic rings. The summed E-state index contributed by atoms with van der Waals surface area (Å²) in [4.78, 5) is 17.2. The van der Waals surface area contributed by atoms with Crippen LogP contribution in [0.1, 0.15) is 16.9 Å². The first kappa shape index (κ1) is 8.65. The second-order valence-corrected chi connectivity index (χ2v) is 4.14. The Labute approximate surface area is 80.6 Å². The van der Waals surface area contributed by atoms with Crippen molar-refractivity contribution in [1.29, 1.82) is 0 Å². The van der Waals surface area contributed by atoms with Crippen LogP contribution in [0.5, 0.6) is 0 Å². The fraction of sp³-hybridized carbons (Fsp3) is 0.500. The van der Waals surface area contributed by atoms with Gasteiger partial charge >= 0.3 is 0 Å². The largest absolute Gasteiger partial charge is 0.323 e. The summed E-state index contributed by atoms with van der Waals surface area (Å²) in [6.07, 6.45) is -0.0301. The summed E-state index contributed by atoms with van der Waals surface area (Å²) in [7, 11) is 1.79. The molecule has 4 nitrogen and oxygen atoms in total. The van der Waals surface area contributed by atoms with E-state index in [4.69, 9.17) is 0 Å². The fourth-order valence-corrected chi connectivity index (χ4v) is 2.03. The Bertz CT molecular complexity index is 336. The monoisotopic (exact) mass is 197 g/mol. The van der Waals surface area contributed by atoms with Gasteiger partial charge in [0, 0.05) is 12.4 Å². The smallest absolute Gasteiger partial charge is 0.237 e. The van der Waals surface area contributed by atoms with Crippen molar-refractivity contribution in [2.45, 2.75) is 13.1 Å².